The topological polar surface area (TPSA) is 41.9 Å². The van der Waals surface area contributed by atoms with Crippen molar-refractivity contribution in [2.24, 2.45) is 11.3 Å². The summed E-state index contributed by atoms with van der Waals surface area (Å²) in [5.41, 5.74) is 0.373. The van der Waals surface area contributed by atoms with Crippen molar-refractivity contribution in [2.75, 3.05) is 39.5 Å². The van der Waals surface area contributed by atoms with Crippen LogP contribution in [-0.2, 0) is 9.47 Å². The summed E-state index contributed by atoms with van der Waals surface area (Å²) in [6.07, 6.45) is 3.46. The lowest BCUT2D eigenvalue weighted by Crippen LogP contribution is -2.43. The van der Waals surface area contributed by atoms with Crippen LogP contribution in [0.2, 0.25) is 0 Å². The van der Waals surface area contributed by atoms with Gasteiger partial charge in [0.2, 0.25) is 0 Å². The predicted molar refractivity (Wildman–Crippen MR) is 79.8 cm³/mol. The second-order valence-corrected chi connectivity index (χ2v) is 7.44. The van der Waals surface area contributed by atoms with Crippen LogP contribution >= 0.6 is 0 Å². The Labute approximate surface area is 123 Å². The number of nitrogens with zero attached hydrogens (tertiary/aromatic N) is 1. The minimum Gasteiger partial charge on any atom is -0.389 e. The maximum absolute atomic E-state index is 10.1. The third-order valence-electron chi connectivity index (χ3n) is 4.44. The van der Waals surface area contributed by atoms with Gasteiger partial charge in [0, 0.05) is 19.6 Å². The summed E-state index contributed by atoms with van der Waals surface area (Å²) in [6, 6.07) is 0. The van der Waals surface area contributed by atoms with E-state index in [2.05, 4.69) is 25.7 Å². The molecule has 1 saturated heterocycles. The van der Waals surface area contributed by atoms with Gasteiger partial charge >= 0.3 is 0 Å². The minimum absolute atomic E-state index is 0.313. The molecule has 1 saturated carbocycles. The smallest absolute Gasteiger partial charge is 0.0900 e. The van der Waals surface area contributed by atoms with E-state index >= 15 is 0 Å². The van der Waals surface area contributed by atoms with Gasteiger partial charge in [-0.1, -0.05) is 20.8 Å². The Morgan fingerprint density at radius 1 is 1.30 bits per heavy atom. The standard InChI is InChI=1S/C16H31NO3/c1-13-8-15(10-16(2,3)9-13)20-12-14(18)11-17-4-6-19-7-5-17/h13-15,18H,4-12H2,1-3H3/t13-,14-,15+/m0/s1. The number of aliphatic hydroxyl groups excluding tert-OH is 1. The molecule has 4 heteroatoms. The average Bonchev–Trinajstić information content (AvgIpc) is 2.35. The van der Waals surface area contributed by atoms with Gasteiger partial charge in [0.05, 0.1) is 32.0 Å². The Kier molecular flexibility index (Phi) is 5.84. The first-order valence-electron chi connectivity index (χ1n) is 8.04. The average molecular weight is 285 g/mol. The molecule has 0 unspecified atom stereocenters. The lowest BCUT2D eigenvalue weighted by atomic mass is 9.71. The molecule has 0 amide bonds. The van der Waals surface area contributed by atoms with Crippen molar-refractivity contribution in [3.63, 3.8) is 0 Å². The fourth-order valence-corrected chi connectivity index (χ4v) is 3.77. The van der Waals surface area contributed by atoms with Crippen LogP contribution in [0.25, 0.3) is 0 Å². The van der Waals surface area contributed by atoms with E-state index in [9.17, 15) is 5.11 Å². The van der Waals surface area contributed by atoms with E-state index in [-0.39, 0.29) is 6.10 Å². The van der Waals surface area contributed by atoms with Crippen LogP contribution in [-0.4, -0.2) is 61.7 Å². The minimum atomic E-state index is -0.381. The summed E-state index contributed by atoms with van der Waals surface area (Å²) in [7, 11) is 0. The van der Waals surface area contributed by atoms with Crippen LogP contribution in [0.3, 0.4) is 0 Å². The second kappa shape index (κ2) is 7.21. The molecule has 0 spiro atoms. The van der Waals surface area contributed by atoms with Crippen LogP contribution in [0.1, 0.15) is 40.0 Å². The van der Waals surface area contributed by atoms with Crippen LogP contribution in [0.5, 0.6) is 0 Å². The van der Waals surface area contributed by atoms with Gasteiger partial charge in [0.15, 0.2) is 0 Å². The van der Waals surface area contributed by atoms with Crippen molar-refractivity contribution in [1.82, 2.24) is 4.90 Å². The van der Waals surface area contributed by atoms with Gasteiger partial charge in [0.25, 0.3) is 0 Å². The zero-order chi connectivity index (χ0) is 14.6. The molecule has 2 aliphatic rings. The molecule has 1 aliphatic carbocycles. The number of hydrogen-bond donors (Lipinski definition) is 1. The highest BCUT2D eigenvalue weighted by atomic mass is 16.5. The lowest BCUT2D eigenvalue weighted by Gasteiger charge is -2.39. The van der Waals surface area contributed by atoms with E-state index < -0.39 is 0 Å². The molecule has 0 aromatic rings. The number of morpholine rings is 1. The first-order chi connectivity index (χ1) is 9.44. The third-order valence-corrected chi connectivity index (χ3v) is 4.44. The summed E-state index contributed by atoms with van der Waals surface area (Å²) in [5.74, 6) is 0.722. The predicted octanol–water partition coefficient (Wildman–Crippen LogP) is 1.91. The molecule has 4 nitrogen and oxygen atoms in total. The Morgan fingerprint density at radius 2 is 2.00 bits per heavy atom. The van der Waals surface area contributed by atoms with Crippen molar-refractivity contribution in [1.29, 1.82) is 0 Å². The molecule has 2 fully saturated rings. The highest BCUT2D eigenvalue weighted by Crippen LogP contribution is 2.39. The third kappa shape index (κ3) is 5.32. The number of ether oxygens (including phenoxy) is 2. The zero-order valence-corrected chi connectivity index (χ0v) is 13.3. The van der Waals surface area contributed by atoms with Crippen LogP contribution in [0.4, 0.5) is 0 Å². The number of aliphatic hydroxyl groups is 1. The highest BCUT2D eigenvalue weighted by molar-refractivity contribution is 4.83. The molecule has 0 bridgehead atoms. The van der Waals surface area contributed by atoms with Gasteiger partial charge < -0.3 is 14.6 Å². The van der Waals surface area contributed by atoms with E-state index in [1.807, 2.05) is 0 Å². The molecule has 1 N–H and O–H groups in total. The summed E-state index contributed by atoms with van der Waals surface area (Å²) < 4.78 is 11.3. The Balaban J connectivity index is 1.68. The van der Waals surface area contributed by atoms with E-state index in [1.54, 1.807) is 0 Å². The molecule has 2 rings (SSSR count). The molecule has 3 atom stereocenters. The summed E-state index contributed by atoms with van der Waals surface area (Å²) in [5, 5.41) is 10.1. The molecular weight excluding hydrogens is 254 g/mol. The Morgan fingerprint density at radius 3 is 2.65 bits per heavy atom. The molecule has 0 aromatic carbocycles. The normalized spacial score (nSPS) is 33.0. The molecule has 0 aromatic heterocycles. The van der Waals surface area contributed by atoms with Gasteiger partial charge in [-0.25, -0.2) is 0 Å². The fourth-order valence-electron chi connectivity index (χ4n) is 3.77. The van der Waals surface area contributed by atoms with Crippen molar-refractivity contribution in [3.8, 4) is 0 Å². The molecular formula is C16H31NO3. The lowest BCUT2D eigenvalue weighted by molar-refractivity contribution is -0.0670. The quantitative estimate of drug-likeness (QED) is 0.838. The van der Waals surface area contributed by atoms with Gasteiger partial charge in [0.1, 0.15) is 0 Å². The number of rotatable bonds is 5. The SMILES string of the molecule is C[C@H]1C[C@@H](OC[C@@H](O)CN2CCOCC2)CC(C)(C)C1. The largest absolute Gasteiger partial charge is 0.389 e. The van der Waals surface area contributed by atoms with Crippen LogP contribution in [0, 0.1) is 11.3 Å². The van der Waals surface area contributed by atoms with Crippen molar-refractivity contribution < 1.29 is 14.6 Å². The Hall–Kier alpha value is -0.160. The first kappa shape index (κ1) is 16.2. The summed E-state index contributed by atoms with van der Waals surface area (Å²) in [4.78, 5) is 2.25. The molecule has 1 heterocycles. The summed E-state index contributed by atoms with van der Waals surface area (Å²) in [6.45, 7) is 11.5. The molecule has 0 radical (unpaired) electrons. The molecule has 1 aliphatic heterocycles. The number of hydrogen-bond acceptors (Lipinski definition) is 4. The van der Waals surface area contributed by atoms with E-state index in [4.69, 9.17) is 9.47 Å². The van der Waals surface area contributed by atoms with E-state index in [0.717, 1.165) is 45.1 Å². The first-order valence-corrected chi connectivity index (χ1v) is 8.04. The zero-order valence-electron chi connectivity index (χ0n) is 13.3. The molecule has 20 heavy (non-hydrogen) atoms. The monoisotopic (exact) mass is 285 g/mol. The van der Waals surface area contributed by atoms with Crippen molar-refractivity contribution >= 4 is 0 Å². The highest BCUT2D eigenvalue weighted by Gasteiger charge is 2.32. The van der Waals surface area contributed by atoms with Gasteiger partial charge in [-0.15, -0.1) is 0 Å². The van der Waals surface area contributed by atoms with Crippen LogP contribution in [0.15, 0.2) is 0 Å². The summed E-state index contributed by atoms with van der Waals surface area (Å²) >= 11 is 0. The van der Waals surface area contributed by atoms with Gasteiger partial charge in [-0.2, -0.15) is 0 Å². The van der Waals surface area contributed by atoms with Crippen LogP contribution < -0.4 is 0 Å². The van der Waals surface area contributed by atoms with Gasteiger partial charge in [-0.05, 0) is 30.6 Å². The maximum Gasteiger partial charge on any atom is 0.0900 e. The van der Waals surface area contributed by atoms with Crippen molar-refractivity contribution in [3.05, 3.63) is 0 Å². The Bertz CT molecular complexity index is 289. The van der Waals surface area contributed by atoms with E-state index in [0.29, 0.717) is 24.7 Å². The number of β-amino-alcohol motifs (C(OH)–C–C–N with tert-alkyl or cyclic N) is 1. The molecule has 118 valence electrons. The second-order valence-electron chi connectivity index (χ2n) is 7.44. The van der Waals surface area contributed by atoms with Crippen molar-refractivity contribution in [2.45, 2.75) is 52.2 Å². The fraction of sp³-hybridized carbons (Fsp3) is 1.00. The van der Waals surface area contributed by atoms with Gasteiger partial charge in [-0.3, -0.25) is 4.90 Å². The van der Waals surface area contributed by atoms with E-state index in [1.165, 1.54) is 6.42 Å². The maximum atomic E-state index is 10.1.